The molecule has 1 fully saturated rings. The Hall–Kier alpha value is -1.85. The molecule has 144 valence electrons. The molecule has 1 unspecified atom stereocenters. The number of halogens is 1. The lowest BCUT2D eigenvalue weighted by Crippen LogP contribution is -2.41. The van der Waals surface area contributed by atoms with Gasteiger partial charge in [-0.1, -0.05) is 56.3 Å². The predicted molar refractivity (Wildman–Crippen MR) is 110 cm³/mol. The second-order valence-corrected chi connectivity index (χ2v) is 8.60. The fourth-order valence-electron chi connectivity index (χ4n) is 3.45. The molecule has 2 aromatic rings. The summed E-state index contributed by atoms with van der Waals surface area (Å²) in [7, 11) is 0. The Morgan fingerprint density at radius 3 is 2.56 bits per heavy atom. The smallest absolute Gasteiger partial charge is 0.237 e. The first-order valence-corrected chi connectivity index (χ1v) is 10.5. The summed E-state index contributed by atoms with van der Waals surface area (Å²) in [5, 5.41) is -0.0178. The molecule has 2 aromatic carbocycles. The Morgan fingerprint density at radius 2 is 1.89 bits per heavy atom. The number of hydrogen-bond acceptors (Lipinski definition) is 3. The van der Waals surface area contributed by atoms with Gasteiger partial charge in [0.2, 0.25) is 5.91 Å². The fraction of sp³-hybridized carbons (Fsp3) is 0.409. The number of thioether (sulfide) groups is 1. The van der Waals surface area contributed by atoms with Crippen LogP contribution in [-0.4, -0.2) is 41.1 Å². The van der Waals surface area contributed by atoms with Gasteiger partial charge in [-0.3, -0.25) is 9.69 Å². The molecule has 0 aliphatic carbocycles. The van der Waals surface area contributed by atoms with Crippen molar-refractivity contribution in [3.63, 3.8) is 0 Å². The summed E-state index contributed by atoms with van der Waals surface area (Å²) in [6.45, 7) is 7.15. The molecule has 1 saturated heterocycles. The van der Waals surface area contributed by atoms with Crippen LogP contribution < -0.4 is 0 Å². The maximum absolute atomic E-state index is 13.2. The molecule has 0 aromatic heterocycles. The van der Waals surface area contributed by atoms with Gasteiger partial charge in [0.25, 0.3) is 0 Å². The second kappa shape index (κ2) is 9.38. The van der Waals surface area contributed by atoms with E-state index in [0.29, 0.717) is 12.5 Å². The average molecular weight is 387 g/mol. The third-order valence-electron chi connectivity index (χ3n) is 4.60. The third-order valence-corrected chi connectivity index (χ3v) is 5.86. The Morgan fingerprint density at radius 1 is 1.19 bits per heavy atom. The number of rotatable bonds is 7. The van der Waals surface area contributed by atoms with E-state index in [-0.39, 0.29) is 17.1 Å². The van der Waals surface area contributed by atoms with Gasteiger partial charge >= 0.3 is 0 Å². The monoisotopic (exact) mass is 386 g/mol. The minimum atomic E-state index is -0.245. The number of amides is 1. The highest BCUT2D eigenvalue weighted by atomic mass is 32.2. The minimum Gasteiger partial charge on any atom is -0.325 e. The Labute approximate surface area is 165 Å². The molecule has 1 heterocycles. The van der Waals surface area contributed by atoms with Crippen molar-refractivity contribution in [3.8, 4) is 0 Å². The fourth-order valence-corrected chi connectivity index (χ4v) is 4.73. The van der Waals surface area contributed by atoms with Crippen LogP contribution in [-0.2, 0) is 11.3 Å². The van der Waals surface area contributed by atoms with Crippen molar-refractivity contribution in [2.24, 2.45) is 5.92 Å². The Kier molecular flexibility index (Phi) is 6.91. The van der Waals surface area contributed by atoms with Gasteiger partial charge in [0.05, 0.1) is 6.54 Å². The highest BCUT2D eigenvalue weighted by molar-refractivity contribution is 7.99. The van der Waals surface area contributed by atoms with Crippen molar-refractivity contribution in [1.82, 2.24) is 9.80 Å². The molecule has 1 atom stereocenters. The Bertz CT molecular complexity index is 736. The zero-order valence-electron chi connectivity index (χ0n) is 16.0. The number of hydrogen-bond donors (Lipinski definition) is 0. The molecule has 0 spiro atoms. The molecule has 0 radical (unpaired) electrons. The van der Waals surface area contributed by atoms with Crippen LogP contribution in [0.4, 0.5) is 4.39 Å². The average Bonchev–Trinajstić information content (AvgIpc) is 3.12. The van der Waals surface area contributed by atoms with Gasteiger partial charge in [-0.15, -0.1) is 11.8 Å². The lowest BCUT2D eigenvalue weighted by atomic mass is 10.1. The van der Waals surface area contributed by atoms with E-state index >= 15 is 0 Å². The molecular formula is C22H27FN2OS. The lowest BCUT2D eigenvalue weighted by molar-refractivity contribution is -0.132. The van der Waals surface area contributed by atoms with E-state index < -0.39 is 0 Å². The number of nitrogens with zero attached hydrogens (tertiary/aromatic N) is 2. The van der Waals surface area contributed by atoms with Crippen LogP contribution in [0.2, 0.25) is 0 Å². The number of carbonyl (C=O) groups is 1. The zero-order valence-corrected chi connectivity index (χ0v) is 16.8. The van der Waals surface area contributed by atoms with Crippen LogP contribution in [0, 0.1) is 11.7 Å². The van der Waals surface area contributed by atoms with Crippen molar-refractivity contribution in [2.75, 3.05) is 25.4 Å². The van der Waals surface area contributed by atoms with Crippen LogP contribution in [0.3, 0.4) is 0 Å². The molecule has 5 heteroatoms. The SMILES string of the molecule is CC(C)CN(CC(=O)N1CCSC1c1ccc(F)cc1)Cc1ccccc1. The van der Waals surface area contributed by atoms with Crippen molar-refractivity contribution >= 4 is 17.7 Å². The van der Waals surface area contributed by atoms with Crippen molar-refractivity contribution in [2.45, 2.75) is 25.8 Å². The van der Waals surface area contributed by atoms with E-state index in [2.05, 4.69) is 30.9 Å². The van der Waals surface area contributed by atoms with Crippen LogP contribution in [0.15, 0.2) is 54.6 Å². The van der Waals surface area contributed by atoms with Crippen LogP contribution >= 0.6 is 11.8 Å². The van der Waals surface area contributed by atoms with Gasteiger partial charge in [0.15, 0.2) is 0 Å². The van der Waals surface area contributed by atoms with Gasteiger partial charge in [0.1, 0.15) is 11.2 Å². The van der Waals surface area contributed by atoms with E-state index in [1.54, 1.807) is 23.9 Å². The van der Waals surface area contributed by atoms with E-state index in [9.17, 15) is 9.18 Å². The number of carbonyl (C=O) groups excluding carboxylic acids is 1. The summed E-state index contributed by atoms with van der Waals surface area (Å²) in [5.74, 6) is 1.30. The summed E-state index contributed by atoms with van der Waals surface area (Å²) >= 11 is 1.75. The van der Waals surface area contributed by atoms with E-state index in [1.807, 2.05) is 23.1 Å². The first-order valence-electron chi connectivity index (χ1n) is 9.45. The molecule has 1 aliphatic heterocycles. The predicted octanol–water partition coefficient (Wildman–Crippen LogP) is 4.56. The highest BCUT2D eigenvalue weighted by Crippen LogP contribution is 2.38. The van der Waals surface area contributed by atoms with Crippen LogP contribution in [0.1, 0.15) is 30.3 Å². The highest BCUT2D eigenvalue weighted by Gasteiger charge is 2.31. The molecule has 0 N–H and O–H groups in total. The van der Waals surface area contributed by atoms with E-state index in [0.717, 1.165) is 31.0 Å². The minimum absolute atomic E-state index is 0.0178. The van der Waals surface area contributed by atoms with Crippen molar-refractivity contribution in [1.29, 1.82) is 0 Å². The van der Waals surface area contributed by atoms with Crippen molar-refractivity contribution < 1.29 is 9.18 Å². The molecule has 1 aliphatic rings. The molecule has 3 rings (SSSR count). The van der Waals surface area contributed by atoms with Gasteiger partial charge in [-0.2, -0.15) is 0 Å². The lowest BCUT2D eigenvalue weighted by Gasteiger charge is -2.29. The quantitative estimate of drug-likeness (QED) is 0.697. The Balaban J connectivity index is 1.69. The molecule has 0 saturated carbocycles. The van der Waals surface area contributed by atoms with Gasteiger partial charge in [0, 0.05) is 25.4 Å². The van der Waals surface area contributed by atoms with Crippen LogP contribution in [0.5, 0.6) is 0 Å². The first-order chi connectivity index (χ1) is 13.0. The molecular weight excluding hydrogens is 359 g/mol. The summed E-state index contributed by atoms with van der Waals surface area (Å²) in [5.41, 5.74) is 2.21. The summed E-state index contributed by atoms with van der Waals surface area (Å²) < 4.78 is 13.2. The summed E-state index contributed by atoms with van der Waals surface area (Å²) in [4.78, 5) is 17.2. The van der Waals surface area contributed by atoms with E-state index in [4.69, 9.17) is 0 Å². The first kappa shape index (κ1) is 19.9. The second-order valence-electron chi connectivity index (χ2n) is 7.41. The normalized spacial score (nSPS) is 17.1. The third kappa shape index (κ3) is 5.56. The zero-order chi connectivity index (χ0) is 19.2. The van der Waals surface area contributed by atoms with Crippen molar-refractivity contribution in [3.05, 3.63) is 71.5 Å². The molecule has 0 bridgehead atoms. The summed E-state index contributed by atoms with van der Waals surface area (Å²) in [6.07, 6.45) is 0. The molecule has 3 nitrogen and oxygen atoms in total. The summed E-state index contributed by atoms with van der Waals surface area (Å²) in [6, 6.07) is 16.8. The van der Waals surface area contributed by atoms with Gasteiger partial charge in [-0.25, -0.2) is 4.39 Å². The van der Waals surface area contributed by atoms with Gasteiger partial charge in [-0.05, 0) is 29.2 Å². The largest absolute Gasteiger partial charge is 0.325 e. The maximum atomic E-state index is 13.2. The van der Waals surface area contributed by atoms with Gasteiger partial charge < -0.3 is 4.90 Å². The van der Waals surface area contributed by atoms with E-state index in [1.165, 1.54) is 17.7 Å². The standard InChI is InChI=1S/C22H27FN2OS/c1-17(2)14-24(15-18-6-4-3-5-7-18)16-21(26)25-12-13-27-22(25)19-8-10-20(23)11-9-19/h3-11,17,22H,12-16H2,1-2H3. The molecule has 1 amide bonds. The topological polar surface area (TPSA) is 23.6 Å². The molecule has 27 heavy (non-hydrogen) atoms. The number of benzene rings is 2. The van der Waals surface area contributed by atoms with Crippen LogP contribution in [0.25, 0.3) is 0 Å². The maximum Gasteiger partial charge on any atom is 0.237 e.